The summed E-state index contributed by atoms with van der Waals surface area (Å²) in [7, 11) is 0. The van der Waals surface area contributed by atoms with Crippen molar-refractivity contribution in [2.75, 3.05) is 0 Å². The van der Waals surface area contributed by atoms with E-state index in [-0.39, 0.29) is 11.9 Å². The highest BCUT2D eigenvalue weighted by molar-refractivity contribution is 5.81. The summed E-state index contributed by atoms with van der Waals surface area (Å²) in [6.45, 7) is 12.5. The molecule has 3 heteroatoms. The first-order valence-electron chi connectivity index (χ1n) is 7.88. The zero-order valence-corrected chi connectivity index (χ0v) is 14.1. The average Bonchev–Trinajstić information content (AvgIpc) is 2.41. The van der Waals surface area contributed by atoms with E-state index in [1.807, 2.05) is 38.1 Å². The number of rotatable bonds is 7. The molecule has 0 fully saturated rings. The molecule has 0 saturated carbocycles. The number of amides is 1. The Morgan fingerprint density at radius 1 is 1.19 bits per heavy atom. The summed E-state index contributed by atoms with van der Waals surface area (Å²) in [5.74, 6) is 1.55. The molecular weight excluding hydrogens is 262 g/mol. The van der Waals surface area contributed by atoms with Gasteiger partial charge in [-0.1, -0.05) is 46.8 Å². The summed E-state index contributed by atoms with van der Waals surface area (Å²) >= 11 is 0. The normalized spacial score (nSPS) is 12.8. The summed E-state index contributed by atoms with van der Waals surface area (Å²) < 4.78 is 5.85. The van der Waals surface area contributed by atoms with Gasteiger partial charge in [-0.3, -0.25) is 4.79 Å². The van der Waals surface area contributed by atoms with Crippen LogP contribution in [0.15, 0.2) is 24.3 Å². The summed E-state index contributed by atoms with van der Waals surface area (Å²) in [6.07, 6.45) is 0.217. The van der Waals surface area contributed by atoms with Crippen LogP contribution in [0.3, 0.4) is 0 Å². The molecule has 0 bridgehead atoms. The van der Waals surface area contributed by atoms with Crippen molar-refractivity contribution in [3.63, 3.8) is 0 Å². The second kappa shape index (κ2) is 8.06. The van der Waals surface area contributed by atoms with Gasteiger partial charge in [0.2, 0.25) is 0 Å². The molecular formula is C18H29NO2. The summed E-state index contributed by atoms with van der Waals surface area (Å²) in [6, 6.07) is 7.98. The average molecular weight is 291 g/mol. The molecule has 0 aliphatic carbocycles. The molecule has 1 aromatic rings. The number of carbonyl (C=O) groups is 1. The van der Waals surface area contributed by atoms with E-state index in [1.165, 1.54) is 0 Å². The zero-order chi connectivity index (χ0) is 16.0. The van der Waals surface area contributed by atoms with E-state index < -0.39 is 6.10 Å². The zero-order valence-electron chi connectivity index (χ0n) is 14.1. The van der Waals surface area contributed by atoms with Crippen molar-refractivity contribution in [1.82, 2.24) is 5.32 Å². The van der Waals surface area contributed by atoms with Crippen LogP contribution in [0.2, 0.25) is 0 Å². The van der Waals surface area contributed by atoms with E-state index >= 15 is 0 Å². The Bertz CT molecular complexity index is 446. The van der Waals surface area contributed by atoms with Crippen LogP contribution < -0.4 is 10.1 Å². The third-order valence-corrected chi connectivity index (χ3v) is 3.68. The molecule has 3 nitrogen and oxygen atoms in total. The smallest absolute Gasteiger partial charge is 0.261 e. The van der Waals surface area contributed by atoms with Crippen LogP contribution in [-0.2, 0) is 4.79 Å². The standard InChI is InChI=1S/C18H29NO2/c1-7-16(21-15-10-8-9-14(6)11-15)18(20)19-17(12(2)3)13(4)5/h8-13,16-17H,7H2,1-6H3,(H,19,20). The van der Waals surface area contributed by atoms with Gasteiger partial charge < -0.3 is 10.1 Å². The lowest BCUT2D eigenvalue weighted by Gasteiger charge is -2.28. The van der Waals surface area contributed by atoms with Crippen molar-refractivity contribution in [3.8, 4) is 5.75 Å². The Hall–Kier alpha value is -1.51. The van der Waals surface area contributed by atoms with Crippen LogP contribution in [0.25, 0.3) is 0 Å². The van der Waals surface area contributed by atoms with Gasteiger partial charge >= 0.3 is 0 Å². The molecule has 0 saturated heterocycles. The summed E-state index contributed by atoms with van der Waals surface area (Å²) in [5.41, 5.74) is 1.13. The fourth-order valence-corrected chi connectivity index (χ4v) is 2.54. The highest BCUT2D eigenvalue weighted by Crippen LogP contribution is 2.17. The van der Waals surface area contributed by atoms with Crippen molar-refractivity contribution < 1.29 is 9.53 Å². The van der Waals surface area contributed by atoms with Gasteiger partial charge in [-0.25, -0.2) is 0 Å². The van der Waals surface area contributed by atoms with Gasteiger partial charge in [0.05, 0.1) is 0 Å². The summed E-state index contributed by atoms with van der Waals surface area (Å²) in [4.78, 5) is 12.4. The molecule has 21 heavy (non-hydrogen) atoms. The minimum atomic E-state index is -0.438. The maximum Gasteiger partial charge on any atom is 0.261 e. The van der Waals surface area contributed by atoms with E-state index in [0.717, 1.165) is 11.3 Å². The van der Waals surface area contributed by atoms with E-state index in [2.05, 4.69) is 33.0 Å². The highest BCUT2D eigenvalue weighted by Gasteiger charge is 2.25. The number of ether oxygens (including phenoxy) is 1. The SMILES string of the molecule is CCC(Oc1cccc(C)c1)C(=O)NC(C(C)C)C(C)C. The second-order valence-corrected chi connectivity index (χ2v) is 6.35. The first kappa shape index (κ1) is 17.5. The molecule has 1 rings (SSSR count). The van der Waals surface area contributed by atoms with Crippen molar-refractivity contribution >= 4 is 5.91 Å². The maximum atomic E-state index is 12.4. The molecule has 0 radical (unpaired) electrons. The van der Waals surface area contributed by atoms with Crippen LogP contribution in [0.1, 0.15) is 46.6 Å². The molecule has 1 N–H and O–H groups in total. The number of hydrogen-bond acceptors (Lipinski definition) is 2. The van der Waals surface area contributed by atoms with E-state index in [4.69, 9.17) is 4.74 Å². The second-order valence-electron chi connectivity index (χ2n) is 6.35. The van der Waals surface area contributed by atoms with Gasteiger partial charge in [0.25, 0.3) is 5.91 Å². The fraction of sp³-hybridized carbons (Fsp3) is 0.611. The number of benzene rings is 1. The van der Waals surface area contributed by atoms with Gasteiger partial charge in [0.15, 0.2) is 6.10 Å². The lowest BCUT2D eigenvalue weighted by atomic mass is 9.93. The Morgan fingerprint density at radius 2 is 1.81 bits per heavy atom. The monoisotopic (exact) mass is 291 g/mol. The molecule has 0 aliphatic heterocycles. The van der Waals surface area contributed by atoms with Gasteiger partial charge in [0, 0.05) is 6.04 Å². The Labute approximate surface area is 129 Å². The number of nitrogens with one attached hydrogen (secondary N) is 1. The maximum absolute atomic E-state index is 12.4. The number of aryl methyl sites for hydroxylation is 1. The molecule has 0 spiro atoms. The van der Waals surface area contributed by atoms with Crippen LogP contribution in [-0.4, -0.2) is 18.1 Å². The molecule has 1 aromatic carbocycles. The Kier molecular flexibility index (Phi) is 6.73. The Balaban J connectivity index is 2.73. The third-order valence-electron chi connectivity index (χ3n) is 3.68. The van der Waals surface area contributed by atoms with Crippen molar-refractivity contribution in [2.45, 2.75) is 60.1 Å². The molecule has 1 unspecified atom stereocenters. The minimum Gasteiger partial charge on any atom is -0.481 e. The quantitative estimate of drug-likeness (QED) is 0.826. The van der Waals surface area contributed by atoms with E-state index in [9.17, 15) is 4.79 Å². The summed E-state index contributed by atoms with van der Waals surface area (Å²) in [5, 5.41) is 3.14. The predicted octanol–water partition coefficient (Wildman–Crippen LogP) is 3.95. The fourth-order valence-electron chi connectivity index (χ4n) is 2.54. The van der Waals surface area contributed by atoms with Crippen molar-refractivity contribution in [1.29, 1.82) is 0 Å². The lowest BCUT2D eigenvalue weighted by Crippen LogP contribution is -2.48. The van der Waals surface area contributed by atoms with E-state index in [1.54, 1.807) is 0 Å². The van der Waals surface area contributed by atoms with Crippen molar-refractivity contribution in [2.24, 2.45) is 11.8 Å². The van der Waals surface area contributed by atoms with Crippen LogP contribution >= 0.6 is 0 Å². The van der Waals surface area contributed by atoms with Crippen LogP contribution in [0.4, 0.5) is 0 Å². The lowest BCUT2D eigenvalue weighted by molar-refractivity contribution is -0.129. The predicted molar refractivity (Wildman–Crippen MR) is 87.5 cm³/mol. The van der Waals surface area contributed by atoms with Gasteiger partial charge in [-0.15, -0.1) is 0 Å². The molecule has 0 aromatic heterocycles. The first-order chi connectivity index (χ1) is 9.85. The van der Waals surface area contributed by atoms with Gasteiger partial charge in [0.1, 0.15) is 5.75 Å². The van der Waals surface area contributed by atoms with Crippen LogP contribution in [0.5, 0.6) is 5.75 Å². The van der Waals surface area contributed by atoms with Crippen molar-refractivity contribution in [3.05, 3.63) is 29.8 Å². The molecule has 1 amide bonds. The first-order valence-corrected chi connectivity index (χ1v) is 7.88. The highest BCUT2D eigenvalue weighted by atomic mass is 16.5. The van der Waals surface area contributed by atoms with Crippen LogP contribution in [0, 0.1) is 18.8 Å². The number of carbonyl (C=O) groups excluding carboxylic acids is 1. The molecule has 118 valence electrons. The number of hydrogen-bond donors (Lipinski definition) is 1. The topological polar surface area (TPSA) is 38.3 Å². The molecule has 0 aliphatic rings. The molecule has 0 heterocycles. The largest absolute Gasteiger partial charge is 0.481 e. The van der Waals surface area contributed by atoms with Gasteiger partial charge in [-0.05, 0) is 42.9 Å². The van der Waals surface area contributed by atoms with E-state index in [0.29, 0.717) is 18.3 Å². The Morgan fingerprint density at radius 3 is 2.29 bits per heavy atom. The minimum absolute atomic E-state index is 0.0218. The molecule has 1 atom stereocenters. The third kappa shape index (κ3) is 5.41. The van der Waals surface area contributed by atoms with Gasteiger partial charge in [-0.2, -0.15) is 0 Å².